The van der Waals surface area contributed by atoms with E-state index in [0.717, 1.165) is 32.8 Å². The first kappa shape index (κ1) is 22.8. The Morgan fingerprint density at radius 2 is 1.97 bits per heavy atom. The molecule has 1 N–H and O–H groups in total. The van der Waals surface area contributed by atoms with E-state index in [-0.39, 0.29) is 6.04 Å². The lowest BCUT2D eigenvalue weighted by Gasteiger charge is -2.31. The Morgan fingerprint density at radius 3 is 2.66 bits per heavy atom. The van der Waals surface area contributed by atoms with Crippen molar-refractivity contribution < 1.29 is 19.4 Å². The fourth-order valence-electron chi connectivity index (χ4n) is 4.18. The van der Waals surface area contributed by atoms with Crippen LogP contribution in [0.15, 0.2) is 64.5 Å². The minimum Gasteiger partial charge on any atom is -0.490 e. The van der Waals surface area contributed by atoms with Gasteiger partial charge in [-0.2, -0.15) is 0 Å². The maximum atomic E-state index is 11.9. The second-order valence-electron chi connectivity index (χ2n) is 7.69. The van der Waals surface area contributed by atoms with Crippen LogP contribution < -0.4 is 9.47 Å². The maximum absolute atomic E-state index is 11.9. The van der Waals surface area contributed by atoms with Crippen LogP contribution in [0, 0.1) is 0 Å². The number of nitrogens with zero attached hydrogens (tertiary/aromatic N) is 1. The molecule has 2 aromatic carbocycles. The summed E-state index contributed by atoms with van der Waals surface area (Å²) in [5, 5.41) is 9.80. The van der Waals surface area contributed by atoms with E-state index >= 15 is 0 Å². The topological polar surface area (TPSA) is 59.0 Å². The minimum atomic E-state index is -0.768. The highest BCUT2D eigenvalue weighted by atomic mass is 79.9. The van der Waals surface area contributed by atoms with Gasteiger partial charge in [0.05, 0.1) is 16.4 Å². The van der Waals surface area contributed by atoms with Crippen LogP contribution in [0.1, 0.15) is 41.8 Å². The molecule has 5 nitrogen and oxygen atoms in total. The molecule has 0 aliphatic carbocycles. The van der Waals surface area contributed by atoms with Gasteiger partial charge in [-0.3, -0.25) is 9.69 Å². The van der Waals surface area contributed by atoms with E-state index in [1.165, 1.54) is 0 Å². The van der Waals surface area contributed by atoms with Crippen molar-refractivity contribution >= 4 is 33.2 Å². The summed E-state index contributed by atoms with van der Waals surface area (Å²) in [6, 6.07) is 19.4. The number of likely N-dealkylation sites (tertiary alicyclic amines) is 1. The van der Waals surface area contributed by atoms with Gasteiger partial charge in [0.1, 0.15) is 12.6 Å². The molecule has 168 valence electrons. The van der Waals surface area contributed by atoms with Crippen molar-refractivity contribution in [1.82, 2.24) is 4.90 Å². The molecular formula is C25H26BrNO4S. The first-order valence-corrected chi connectivity index (χ1v) is 12.3. The number of hydrogen-bond acceptors (Lipinski definition) is 5. The van der Waals surface area contributed by atoms with Crippen LogP contribution in [0.2, 0.25) is 0 Å². The van der Waals surface area contributed by atoms with Crippen LogP contribution in [0.4, 0.5) is 0 Å². The normalized spacial score (nSPS) is 17.2. The monoisotopic (exact) mass is 515 g/mol. The third kappa shape index (κ3) is 5.17. The highest BCUT2D eigenvalue weighted by molar-refractivity contribution is 9.11. The van der Waals surface area contributed by atoms with E-state index in [1.54, 1.807) is 11.3 Å². The molecule has 2 heterocycles. The van der Waals surface area contributed by atoms with E-state index < -0.39 is 12.0 Å². The van der Waals surface area contributed by atoms with Gasteiger partial charge in [-0.05, 0) is 71.1 Å². The summed E-state index contributed by atoms with van der Waals surface area (Å²) in [6.45, 7) is 3.66. The molecule has 3 aromatic rings. The maximum Gasteiger partial charge on any atom is 0.320 e. The molecule has 0 bridgehead atoms. The van der Waals surface area contributed by atoms with Crippen molar-refractivity contribution in [3.8, 4) is 11.5 Å². The summed E-state index contributed by atoms with van der Waals surface area (Å²) >= 11 is 5.19. The molecule has 7 heteroatoms. The number of carbonyl (C=O) groups is 1. The van der Waals surface area contributed by atoms with Crippen molar-refractivity contribution in [2.45, 2.75) is 38.5 Å². The van der Waals surface area contributed by atoms with Gasteiger partial charge in [0.15, 0.2) is 11.5 Å². The molecular weight excluding hydrogens is 490 g/mol. The molecule has 1 fully saturated rings. The fourth-order valence-corrected chi connectivity index (χ4v) is 5.75. The van der Waals surface area contributed by atoms with Gasteiger partial charge in [0, 0.05) is 11.4 Å². The number of carboxylic acids is 1. The van der Waals surface area contributed by atoms with Gasteiger partial charge in [0.2, 0.25) is 0 Å². The standard InChI is InChI=1S/C25H26BrNO4S/c1-2-30-21-15-18(10-11-20(21)31-16-17-7-4-3-5-8-17)24(22-12-13-23(26)32-22)27-14-6-9-19(27)25(28)29/h3-5,7-8,10-13,15,19,24H,2,6,9,14,16H2,1H3,(H,28,29). The molecule has 32 heavy (non-hydrogen) atoms. The zero-order valence-corrected chi connectivity index (χ0v) is 20.3. The summed E-state index contributed by atoms with van der Waals surface area (Å²) in [7, 11) is 0. The lowest BCUT2D eigenvalue weighted by molar-refractivity contribution is -0.142. The first-order chi connectivity index (χ1) is 15.6. The number of thiophene rings is 1. The SMILES string of the molecule is CCOc1cc(C(c2ccc(Br)s2)N2CCCC2C(=O)O)ccc1OCc1ccccc1. The molecule has 0 amide bonds. The zero-order valence-electron chi connectivity index (χ0n) is 17.9. The van der Waals surface area contributed by atoms with E-state index in [0.29, 0.717) is 31.1 Å². The van der Waals surface area contributed by atoms with E-state index in [2.05, 4.69) is 26.9 Å². The lowest BCUT2D eigenvalue weighted by Crippen LogP contribution is -2.39. The van der Waals surface area contributed by atoms with Crippen LogP contribution in [0.3, 0.4) is 0 Å². The lowest BCUT2D eigenvalue weighted by atomic mass is 10.0. The Hall–Kier alpha value is -2.35. The van der Waals surface area contributed by atoms with E-state index in [1.807, 2.05) is 61.5 Å². The Bertz CT molecular complexity index is 1060. The number of rotatable bonds is 9. The molecule has 4 rings (SSSR count). The highest BCUT2D eigenvalue weighted by Gasteiger charge is 2.37. The summed E-state index contributed by atoms with van der Waals surface area (Å²) in [5.74, 6) is 0.588. The second kappa shape index (κ2) is 10.5. The number of halogens is 1. The minimum absolute atomic E-state index is 0.155. The number of benzene rings is 2. The van der Waals surface area contributed by atoms with Crippen molar-refractivity contribution in [2.24, 2.45) is 0 Å². The summed E-state index contributed by atoms with van der Waals surface area (Å²) in [4.78, 5) is 15.1. The van der Waals surface area contributed by atoms with Crippen molar-refractivity contribution in [3.05, 3.63) is 80.5 Å². The largest absolute Gasteiger partial charge is 0.490 e. The van der Waals surface area contributed by atoms with Crippen LogP contribution in [0.5, 0.6) is 11.5 Å². The first-order valence-electron chi connectivity index (χ1n) is 10.7. The average Bonchev–Trinajstić information content (AvgIpc) is 3.44. The number of aliphatic carboxylic acids is 1. The fraction of sp³-hybridized carbons (Fsp3) is 0.320. The van der Waals surface area contributed by atoms with Gasteiger partial charge in [0.25, 0.3) is 0 Å². The van der Waals surface area contributed by atoms with Crippen LogP contribution in [-0.2, 0) is 11.4 Å². The highest BCUT2D eigenvalue weighted by Crippen LogP contribution is 2.41. The molecule has 1 aliphatic rings. The van der Waals surface area contributed by atoms with Gasteiger partial charge >= 0.3 is 5.97 Å². The van der Waals surface area contributed by atoms with Crippen LogP contribution in [0.25, 0.3) is 0 Å². The molecule has 2 atom stereocenters. The summed E-state index contributed by atoms with van der Waals surface area (Å²) < 4.78 is 13.0. The van der Waals surface area contributed by atoms with Crippen molar-refractivity contribution in [3.63, 3.8) is 0 Å². The van der Waals surface area contributed by atoms with Gasteiger partial charge in [-0.25, -0.2) is 0 Å². The Morgan fingerprint density at radius 1 is 1.16 bits per heavy atom. The Kier molecular flexibility index (Phi) is 7.50. The zero-order chi connectivity index (χ0) is 22.5. The molecule has 1 aliphatic heterocycles. The predicted octanol–water partition coefficient (Wildman–Crippen LogP) is 6.13. The summed E-state index contributed by atoms with van der Waals surface area (Å²) in [5.41, 5.74) is 2.09. The van der Waals surface area contributed by atoms with Crippen molar-refractivity contribution in [2.75, 3.05) is 13.2 Å². The second-order valence-corrected chi connectivity index (χ2v) is 10.2. The third-order valence-electron chi connectivity index (χ3n) is 5.59. The molecule has 0 radical (unpaired) electrons. The third-order valence-corrected chi connectivity index (χ3v) is 7.27. The predicted molar refractivity (Wildman–Crippen MR) is 130 cm³/mol. The number of hydrogen-bond donors (Lipinski definition) is 1. The summed E-state index contributed by atoms with van der Waals surface area (Å²) in [6.07, 6.45) is 1.53. The molecule has 1 saturated heterocycles. The molecule has 0 saturated carbocycles. The molecule has 1 aromatic heterocycles. The van der Waals surface area contributed by atoms with Crippen LogP contribution >= 0.6 is 27.3 Å². The Balaban J connectivity index is 1.67. The molecule has 0 spiro atoms. The van der Waals surface area contributed by atoms with Crippen molar-refractivity contribution in [1.29, 1.82) is 0 Å². The van der Waals surface area contributed by atoms with Gasteiger partial charge in [-0.1, -0.05) is 36.4 Å². The number of ether oxygens (including phenoxy) is 2. The quantitative estimate of drug-likeness (QED) is 0.371. The average molecular weight is 516 g/mol. The smallest absolute Gasteiger partial charge is 0.320 e. The molecule has 2 unspecified atom stereocenters. The van der Waals surface area contributed by atoms with Gasteiger partial charge < -0.3 is 14.6 Å². The van der Waals surface area contributed by atoms with Crippen LogP contribution in [-0.4, -0.2) is 35.2 Å². The van der Waals surface area contributed by atoms with E-state index in [9.17, 15) is 9.90 Å². The Labute approximate surface area is 200 Å². The van der Waals surface area contributed by atoms with Gasteiger partial charge in [-0.15, -0.1) is 11.3 Å². The number of carboxylic acid groups (broad SMARTS) is 1. The van der Waals surface area contributed by atoms with E-state index in [4.69, 9.17) is 9.47 Å².